The van der Waals surface area contributed by atoms with Gasteiger partial charge in [-0.15, -0.1) is 0 Å². The van der Waals surface area contributed by atoms with Gasteiger partial charge in [0.25, 0.3) is 5.69 Å². The Bertz CT molecular complexity index is 882. The molecular formula is C11H7N5O4. The van der Waals surface area contributed by atoms with Crippen molar-refractivity contribution in [3.63, 3.8) is 0 Å². The van der Waals surface area contributed by atoms with E-state index in [4.69, 9.17) is 0 Å². The van der Waals surface area contributed by atoms with Crippen molar-refractivity contribution in [2.75, 3.05) is 0 Å². The van der Waals surface area contributed by atoms with E-state index in [1.54, 1.807) is 19.1 Å². The highest BCUT2D eigenvalue weighted by Gasteiger charge is 2.20. The van der Waals surface area contributed by atoms with Gasteiger partial charge < -0.3 is 0 Å². The van der Waals surface area contributed by atoms with Crippen LogP contribution in [0.2, 0.25) is 0 Å². The third kappa shape index (κ3) is 1.72. The summed E-state index contributed by atoms with van der Waals surface area (Å²) in [6.07, 6.45) is 0. The van der Waals surface area contributed by atoms with Crippen LogP contribution in [-0.2, 0) is 0 Å². The molecular weight excluding hydrogens is 266 g/mol. The van der Waals surface area contributed by atoms with E-state index in [0.29, 0.717) is 5.69 Å². The lowest BCUT2D eigenvalue weighted by atomic mass is 10.3. The fraction of sp³-hybridized carbons (Fsp3) is 0.0909. The highest BCUT2D eigenvalue weighted by atomic mass is 16.6. The minimum absolute atomic E-state index is 0.119. The van der Waals surface area contributed by atoms with Gasteiger partial charge in [0, 0.05) is 6.07 Å². The maximum Gasteiger partial charge on any atom is 0.461 e. The number of fused-ring (bicyclic) bond motifs is 1. The molecule has 1 aromatic carbocycles. The molecule has 0 fully saturated rings. The summed E-state index contributed by atoms with van der Waals surface area (Å²) in [6.45, 7) is 1.64. The number of rotatable bonds is 2. The Labute approximate surface area is 110 Å². The SMILES string of the molecule is Cc1nn(-c2ccccc2[N+](=O)[O-])c2nc(=O)onc12. The largest absolute Gasteiger partial charge is 0.461 e. The molecule has 2 aromatic heterocycles. The van der Waals surface area contributed by atoms with Crippen LogP contribution >= 0.6 is 0 Å². The zero-order valence-corrected chi connectivity index (χ0v) is 10.2. The van der Waals surface area contributed by atoms with Crippen LogP contribution in [0.15, 0.2) is 33.6 Å². The van der Waals surface area contributed by atoms with Gasteiger partial charge in [0.05, 0.1) is 10.6 Å². The second-order valence-electron chi connectivity index (χ2n) is 3.98. The maximum atomic E-state index is 11.2. The first kappa shape index (κ1) is 12.0. The Morgan fingerprint density at radius 1 is 1.35 bits per heavy atom. The molecule has 20 heavy (non-hydrogen) atoms. The van der Waals surface area contributed by atoms with Crippen molar-refractivity contribution in [1.82, 2.24) is 19.9 Å². The van der Waals surface area contributed by atoms with Crippen LogP contribution in [0.3, 0.4) is 0 Å². The Hall–Kier alpha value is -3.10. The molecule has 3 aromatic rings. The van der Waals surface area contributed by atoms with Crippen molar-refractivity contribution >= 4 is 16.9 Å². The quantitative estimate of drug-likeness (QED) is 0.504. The molecule has 2 heterocycles. The van der Waals surface area contributed by atoms with Gasteiger partial charge in [0.2, 0.25) is 0 Å². The summed E-state index contributed by atoms with van der Waals surface area (Å²) in [5.41, 5.74) is 0.910. The third-order valence-corrected chi connectivity index (χ3v) is 2.72. The van der Waals surface area contributed by atoms with Crippen molar-refractivity contribution in [2.45, 2.75) is 6.92 Å². The molecule has 0 spiro atoms. The minimum atomic E-state index is -0.891. The summed E-state index contributed by atoms with van der Waals surface area (Å²) in [6, 6.07) is 6.03. The smallest absolute Gasteiger partial charge is 0.296 e. The molecule has 0 saturated carbocycles. The molecule has 0 bridgehead atoms. The number of aromatic nitrogens is 4. The predicted molar refractivity (Wildman–Crippen MR) is 66.6 cm³/mol. The average molecular weight is 273 g/mol. The highest BCUT2D eigenvalue weighted by Crippen LogP contribution is 2.25. The fourth-order valence-electron chi connectivity index (χ4n) is 1.87. The van der Waals surface area contributed by atoms with Gasteiger partial charge in [0.15, 0.2) is 11.2 Å². The number of para-hydroxylation sites is 2. The van der Waals surface area contributed by atoms with Crippen molar-refractivity contribution in [1.29, 1.82) is 0 Å². The van der Waals surface area contributed by atoms with E-state index in [2.05, 4.69) is 19.8 Å². The highest BCUT2D eigenvalue weighted by molar-refractivity contribution is 5.75. The summed E-state index contributed by atoms with van der Waals surface area (Å²) in [4.78, 5) is 25.4. The molecule has 0 saturated heterocycles. The molecule has 0 amide bonds. The van der Waals surface area contributed by atoms with Crippen LogP contribution in [0.25, 0.3) is 16.9 Å². The van der Waals surface area contributed by atoms with Gasteiger partial charge in [-0.25, -0.2) is 9.48 Å². The molecule has 0 unspecified atom stereocenters. The van der Waals surface area contributed by atoms with Crippen LogP contribution < -0.4 is 5.76 Å². The molecule has 0 aliphatic heterocycles. The molecule has 0 N–H and O–H groups in total. The maximum absolute atomic E-state index is 11.2. The molecule has 9 heteroatoms. The summed E-state index contributed by atoms with van der Waals surface area (Å²) in [7, 11) is 0. The number of hydrogen-bond donors (Lipinski definition) is 0. The number of nitrogens with zero attached hydrogens (tertiary/aromatic N) is 5. The van der Waals surface area contributed by atoms with Crippen LogP contribution in [0.4, 0.5) is 5.69 Å². The summed E-state index contributed by atoms with van der Waals surface area (Å²) < 4.78 is 5.66. The topological polar surface area (TPSA) is 117 Å². The van der Waals surface area contributed by atoms with E-state index in [1.165, 1.54) is 16.8 Å². The lowest BCUT2D eigenvalue weighted by Gasteiger charge is -2.02. The number of hydrogen-bond acceptors (Lipinski definition) is 7. The van der Waals surface area contributed by atoms with E-state index in [9.17, 15) is 14.9 Å². The number of aryl methyl sites for hydroxylation is 1. The van der Waals surface area contributed by atoms with Crippen molar-refractivity contribution in [3.8, 4) is 5.69 Å². The van der Waals surface area contributed by atoms with E-state index in [-0.39, 0.29) is 22.5 Å². The molecule has 9 nitrogen and oxygen atoms in total. The predicted octanol–water partition coefficient (Wildman–Crippen LogP) is 0.985. The Kier molecular flexibility index (Phi) is 2.53. The molecule has 0 radical (unpaired) electrons. The fourth-order valence-corrected chi connectivity index (χ4v) is 1.87. The van der Waals surface area contributed by atoms with E-state index < -0.39 is 10.7 Å². The molecule has 3 rings (SSSR count). The van der Waals surface area contributed by atoms with Gasteiger partial charge >= 0.3 is 5.76 Å². The Balaban J connectivity index is 2.39. The van der Waals surface area contributed by atoms with E-state index in [1.807, 2.05) is 0 Å². The monoisotopic (exact) mass is 273 g/mol. The summed E-state index contributed by atoms with van der Waals surface area (Å²) in [5.74, 6) is -0.891. The van der Waals surface area contributed by atoms with Gasteiger partial charge in [-0.1, -0.05) is 17.3 Å². The number of benzene rings is 1. The van der Waals surface area contributed by atoms with Gasteiger partial charge in [-0.2, -0.15) is 10.1 Å². The molecule has 0 aliphatic carbocycles. The third-order valence-electron chi connectivity index (χ3n) is 2.72. The van der Waals surface area contributed by atoms with Crippen LogP contribution in [0.5, 0.6) is 0 Å². The van der Waals surface area contributed by atoms with Crippen molar-refractivity contribution in [3.05, 3.63) is 50.6 Å². The zero-order chi connectivity index (χ0) is 14.3. The van der Waals surface area contributed by atoms with Crippen LogP contribution in [-0.4, -0.2) is 24.8 Å². The van der Waals surface area contributed by atoms with Gasteiger partial charge in [-0.3, -0.25) is 14.6 Å². The second kappa shape index (κ2) is 4.23. The molecule has 0 aliphatic rings. The van der Waals surface area contributed by atoms with Crippen LogP contribution in [0.1, 0.15) is 5.69 Å². The number of nitro groups is 1. The Morgan fingerprint density at radius 3 is 2.85 bits per heavy atom. The lowest BCUT2D eigenvalue weighted by molar-refractivity contribution is -0.384. The lowest BCUT2D eigenvalue weighted by Crippen LogP contribution is -2.08. The first-order valence-electron chi connectivity index (χ1n) is 5.55. The average Bonchev–Trinajstić information content (AvgIpc) is 2.75. The summed E-state index contributed by atoms with van der Waals surface area (Å²) >= 11 is 0. The summed E-state index contributed by atoms with van der Waals surface area (Å²) in [5, 5.41) is 18.8. The van der Waals surface area contributed by atoms with Gasteiger partial charge in [0.1, 0.15) is 5.69 Å². The van der Waals surface area contributed by atoms with Crippen molar-refractivity contribution < 1.29 is 9.45 Å². The first-order valence-corrected chi connectivity index (χ1v) is 5.55. The minimum Gasteiger partial charge on any atom is -0.296 e. The number of nitro benzene ring substituents is 1. The van der Waals surface area contributed by atoms with E-state index in [0.717, 1.165) is 0 Å². The second-order valence-corrected chi connectivity index (χ2v) is 3.98. The Morgan fingerprint density at radius 2 is 2.10 bits per heavy atom. The molecule has 0 atom stereocenters. The van der Waals surface area contributed by atoms with Crippen molar-refractivity contribution in [2.24, 2.45) is 0 Å². The standard InChI is InChI=1S/C11H7N5O4/c1-6-9-10(12-11(17)20-14-9)15(13-6)7-4-2-3-5-8(7)16(18)19/h2-5H,1H3. The van der Waals surface area contributed by atoms with E-state index >= 15 is 0 Å². The first-order chi connectivity index (χ1) is 9.58. The molecule has 100 valence electrons. The van der Waals surface area contributed by atoms with Crippen LogP contribution in [0, 0.1) is 17.0 Å². The van der Waals surface area contributed by atoms with Gasteiger partial charge in [-0.05, 0) is 13.0 Å². The normalized spacial score (nSPS) is 10.8. The zero-order valence-electron chi connectivity index (χ0n) is 10.2.